The Hall–Kier alpha value is -2.25. The molecule has 2 N–H and O–H groups in total. The minimum absolute atomic E-state index is 0.0243. The van der Waals surface area contributed by atoms with Crippen molar-refractivity contribution in [3.63, 3.8) is 0 Å². The predicted molar refractivity (Wildman–Crippen MR) is 58.0 cm³/mol. The molecule has 0 radical (unpaired) electrons. The van der Waals surface area contributed by atoms with Crippen LogP contribution in [-0.4, -0.2) is 36.3 Å². The summed E-state index contributed by atoms with van der Waals surface area (Å²) in [5.74, 6) is -3.26. The summed E-state index contributed by atoms with van der Waals surface area (Å²) in [6, 6.07) is 5.68. The molecule has 0 saturated carbocycles. The highest BCUT2D eigenvalue weighted by Gasteiger charge is 2.38. The second-order valence-corrected chi connectivity index (χ2v) is 3.40. The van der Waals surface area contributed by atoms with Crippen LogP contribution in [0, 0.1) is 0 Å². The van der Waals surface area contributed by atoms with Crippen molar-refractivity contribution in [3.8, 4) is 5.75 Å². The van der Waals surface area contributed by atoms with Crippen LogP contribution in [0.25, 0.3) is 0 Å². The zero-order valence-corrected chi connectivity index (χ0v) is 9.53. The van der Waals surface area contributed by atoms with Crippen molar-refractivity contribution in [3.05, 3.63) is 29.8 Å². The lowest BCUT2D eigenvalue weighted by Crippen LogP contribution is -2.38. The smallest absolute Gasteiger partial charge is 0.471 e. The molecule has 1 aromatic carbocycles. The average molecular weight is 277 g/mol. The number of carboxylic acid groups (broad SMARTS) is 1. The molecule has 0 aliphatic heterocycles. The number of aromatic carboxylic acids is 1. The van der Waals surface area contributed by atoms with Gasteiger partial charge in [0, 0.05) is 0 Å². The first kappa shape index (κ1) is 14.8. The van der Waals surface area contributed by atoms with E-state index >= 15 is 0 Å². The molecule has 104 valence electrons. The summed E-state index contributed by atoms with van der Waals surface area (Å²) in [6.45, 7) is -0.654. The third-order valence-electron chi connectivity index (χ3n) is 2.02. The molecular formula is C11H10F3NO4. The molecule has 1 rings (SSSR count). The third kappa shape index (κ3) is 4.49. The van der Waals surface area contributed by atoms with Crippen LogP contribution in [0.5, 0.6) is 5.75 Å². The molecule has 5 nitrogen and oxygen atoms in total. The lowest BCUT2D eigenvalue weighted by atomic mass is 10.2. The van der Waals surface area contributed by atoms with Crippen molar-refractivity contribution in [1.29, 1.82) is 0 Å². The molecule has 19 heavy (non-hydrogen) atoms. The fourth-order valence-corrected chi connectivity index (χ4v) is 1.19. The van der Waals surface area contributed by atoms with Crippen molar-refractivity contribution in [2.24, 2.45) is 0 Å². The van der Waals surface area contributed by atoms with Gasteiger partial charge in [-0.25, -0.2) is 4.79 Å². The summed E-state index contributed by atoms with van der Waals surface area (Å²) in [7, 11) is 0. The Labute approximate surface area is 106 Å². The highest BCUT2D eigenvalue weighted by Crippen LogP contribution is 2.17. The summed E-state index contributed by atoms with van der Waals surface area (Å²) < 4.78 is 40.5. The molecule has 0 saturated heterocycles. The maximum atomic E-state index is 11.8. The van der Waals surface area contributed by atoms with Crippen LogP contribution in [0.1, 0.15) is 10.4 Å². The van der Waals surface area contributed by atoms with E-state index in [-0.39, 0.29) is 24.5 Å². The number of amides is 1. The minimum atomic E-state index is -4.95. The van der Waals surface area contributed by atoms with E-state index in [0.29, 0.717) is 0 Å². The molecule has 8 heteroatoms. The van der Waals surface area contributed by atoms with Gasteiger partial charge < -0.3 is 15.2 Å². The van der Waals surface area contributed by atoms with Crippen molar-refractivity contribution < 1.29 is 32.6 Å². The largest absolute Gasteiger partial charge is 0.491 e. The van der Waals surface area contributed by atoms with Gasteiger partial charge >= 0.3 is 18.1 Å². The van der Waals surface area contributed by atoms with Crippen LogP contribution in [0.2, 0.25) is 0 Å². The second kappa shape index (κ2) is 6.07. The Morgan fingerprint density at radius 2 is 1.89 bits per heavy atom. The first-order chi connectivity index (χ1) is 8.82. The Bertz CT molecular complexity index is 473. The van der Waals surface area contributed by atoms with E-state index in [1.165, 1.54) is 24.3 Å². The molecule has 0 fully saturated rings. The molecule has 0 aliphatic rings. The molecule has 0 unspecified atom stereocenters. The number of carboxylic acids is 1. The number of benzene rings is 1. The van der Waals surface area contributed by atoms with Gasteiger partial charge in [-0.2, -0.15) is 13.2 Å². The number of rotatable bonds is 5. The van der Waals surface area contributed by atoms with Crippen LogP contribution in [0.3, 0.4) is 0 Å². The molecule has 1 aromatic rings. The number of halogens is 3. The summed E-state index contributed by atoms with van der Waals surface area (Å²) in [6.07, 6.45) is -4.95. The van der Waals surface area contributed by atoms with E-state index in [1.54, 1.807) is 5.32 Å². The summed E-state index contributed by atoms with van der Waals surface area (Å²) in [4.78, 5) is 21.3. The zero-order chi connectivity index (χ0) is 14.5. The van der Waals surface area contributed by atoms with E-state index in [4.69, 9.17) is 9.84 Å². The predicted octanol–water partition coefficient (Wildman–Crippen LogP) is 1.44. The molecule has 0 aliphatic carbocycles. The fourth-order valence-electron chi connectivity index (χ4n) is 1.19. The van der Waals surface area contributed by atoms with E-state index < -0.39 is 18.1 Å². The number of nitrogens with one attached hydrogen (secondary N) is 1. The molecule has 0 atom stereocenters. The van der Waals surface area contributed by atoms with Gasteiger partial charge in [-0.3, -0.25) is 4.79 Å². The minimum Gasteiger partial charge on any atom is -0.491 e. The molecule has 0 heterocycles. The number of hydrogen-bond acceptors (Lipinski definition) is 3. The standard InChI is InChI=1S/C11H10F3NO4/c12-11(13,14)10(18)15-5-6-19-8-4-2-1-3-7(8)9(16)17/h1-4H,5-6H2,(H,15,18)(H,16,17). The normalized spacial score (nSPS) is 10.9. The fraction of sp³-hybridized carbons (Fsp3) is 0.273. The van der Waals surface area contributed by atoms with Crippen molar-refractivity contribution in [1.82, 2.24) is 5.32 Å². The van der Waals surface area contributed by atoms with Crippen LogP contribution in [0.15, 0.2) is 24.3 Å². The van der Waals surface area contributed by atoms with Crippen LogP contribution in [-0.2, 0) is 4.79 Å². The van der Waals surface area contributed by atoms with Gasteiger partial charge in [0.15, 0.2) is 0 Å². The first-order valence-electron chi connectivity index (χ1n) is 5.12. The van der Waals surface area contributed by atoms with Crippen LogP contribution < -0.4 is 10.1 Å². The van der Waals surface area contributed by atoms with Crippen LogP contribution in [0.4, 0.5) is 13.2 Å². The van der Waals surface area contributed by atoms with Crippen molar-refractivity contribution in [2.75, 3.05) is 13.2 Å². The Morgan fingerprint density at radius 1 is 1.26 bits per heavy atom. The lowest BCUT2D eigenvalue weighted by Gasteiger charge is -2.10. The van der Waals surface area contributed by atoms with Gasteiger partial charge in [-0.15, -0.1) is 0 Å². The van der Waals surface area contributed by atoms with Gasteiger partial charge in [-0.1, -0.05) is 12.1 Å². The monoisotopic (exact) mass is 277 g/mol. The zero-order valence-electron chi connectivity index (χ0n) is 9.53. The topological polar surface area (TPSA) is 75.6 Å². The molecule has 0 bridgehead atoms. The van der Waals surface area contributed by atoms with E-state index in [0.717, 1.165) is 0 Å². The summed E-state index contributed by atoms with van der Waals surface area (Å²) in [5, 5.41) is 10.4. The number of alkyl halides is 3. The SMILES string of the molecule is O=C(O)c1ccccc1OCCNC(=O)C(F)(F)F. The van der Waals surface area contributed by atoms with Crippen LogP contribution >= 0.6 is 0 Å². The van der Waals surface area contributed by atoms with Gasteiger partial charge in [0.05, 0.1) is 6.54 Å². The Balaban J connectivity index is 2.46. The van der Waals surface area contributed by atoms with E-state index in [9.17, 15) is 22.8 Å². The van der Waals surface area contributed by atoms with E-state index in [1.807, 2.05) is 0 Å². The quantitative estimate of drug-likeness (QED) is 0.798. The molecular weight excluding hydrogens is 267 g/mol. The van der Waals surface area contributed by atoms with Gasteiger partial charge in [0.2, 0.25) is 0 Å². The number of ether oxygens (including phenoxy) is 1. The van der Waals surface area contributed by atoms with Crippen molar-refractivity contribution in [2.45, 2.75) is 6.18 Å². The number of hydrogen-bond donors (Lipinski definition) is 2. The second-order valence-electron chi connectivity index (χ2n) is 3.40. The Kier molecular flexibility index (Phi) is 4.74. The van der Waals surface area contributed by atoms with Crippen molar-refractivity contribution >= 4 is 11.9 Å². The summed E-state index contributed by atoms with van der Waals surface area (Å²) in [5.41, 5.74) is -0.107. The Morgan fingerprint density at radius 3 is 2.47 bits per heavy atom. The number of para-hydroxylation sites is 1. The summed E-state index contributed by atoms with van der Waals surface area (Å²) >= 11 is 0. The highest BCUT2D eigenvalue weighted by atomic mass is 19.4. The number of carbonyl (C=O) groups excluding carboxylic acids is 1. The molecule has 0 spiro atoms. The highest BCUT2D eigenvalue weighted by molar-refractivity contribution is 5.90. The van der Waals surface area contributed by atoms with Gasteiger partial charge in [0.25, 0.3) is 0 Å². The molecule has 0 aromatic heterocycles. The third-order valence-corrected chi connectivity index (χ3v) is 2.02. The average Bonchev–Trinajstić information content (AvgIpc) is 2.33. The van der Waals surface area contributed by atoms with Gasteiger partial charge in [-0.05, 0) is 12.1 Å². The first-order valence-corrected chi connectivity index (χ1v) is 5.12. The maximum absolute atomic E-state index is 11.8. The van der Waals surface area contributed by atoms with E-state index in [2.05, 4.69) is 0 Å². The maximum Gasteiger partial charge on any atom is 0.471 e. The lowest BCUT2D eigenvalue weighted by molar-refractivity contribution is -0.173. The number of carbonyl (C=O) groups is 2. The molecule has 1 amide bonds. The van der Waals surface area contributed by atoms with Gasteiger partial charge in [0.1, 0.15) is 17.9 Å².